The van der Waals surface area contributed by atoms with E-state index in [4.69, 9.17) is 0 Å². The Labute approximate surface area is 121 Å². The van der Waals surface area contributed by atoms with Crippen molar-refractivity contribution in [3.05, 3.63) is 0 Å². The molecule has 19 heavy (non-hydrogen) atoms. The van der Waals surface area contributed by atoms with E-state index in [1.165, 1.54) is 25.7 Å². The predicted octanol–water partition coefficient (Wildman–Crippen LogP) is 5.27. The fourth-order valence-corrected chi connectivity index (χ4v) is 5.96. The summed E-state index contributed by atoms with van der Waals surface area (Å²) in [7, 11) is 0. The van der Waals surface area contributed by atoms with Crippen LogP contribution in [0, 0.1) is 28.6 Å². The Morgan fingerprint density at radius 3 is 1.47 bits per heavy atom. The van der Waals surface area contributed by atoms with Crippen LogP contribution in [0.15, 0.2) is 0 Å². The van der Waals surface area contributed by atoms with Crippen LogP contribution >= 0.6 is 0 Å². The van der Waals surface area contributed by atoms with Gasteiger partial charge in [0.05, 0.1) is 5.60 Å². The Balaban J connectivity index is 3.54. The molecule has 0 saturated heterocycles. The van der Waals surface area contributed by atoms with E-state index in [2.05, 4.69) is 55.4 Å². The van der Waals surface area contributed by atoms with Gasteiger partial charge in [-0.15, -0.1) is 0 Å². The van der Waals surface area contributed by atoms with Crippen LogP contribution in [0.5, 0.6) is 0 Å². The standard InChI is InChI=1S/C18H36O/c1-13(2)17(14(3)4)11-9-10-12-18(17,15(5)6)16(7,8)19/h13-15,19H,9-12H2,1-8H3. The van der Waals surface area contributed by atoms with Gasteiger partial charge in [-0.1, -0.05) is 54.4 Å². The molecule has 1 nitrogen and oxygen atoms in total. The Bertz CT molecular complexity index is 287. The summed E-state index contributed by atoms with van der Waals surface area (Å²) in [6.45, 7) is 18.2. The van der Waals surface area contributed by atoms with Crippen molar-refractivity contribution in [2.75, 3.05) is 0 Å². The third-order valence-electron chi connectivity index (χ3n) is 6.38. The van der Waals surface area contributed by atoms with Crippen LogP contribution in [0.25, 0.3) is 0 Å². The predicted molar refractivity (Wildman–Crippen MR) is 84.1 cm³/mol. The fourth-order valence-electron chi connectivity index (χ4n) is 5.96. The maximum atomic E-state index is 11.1. The lowest BCUT2D eigenvalue weighted by Gasteiger charge is -2.65. The van der Waals surface area contributed by atoms with E-state index in [1.54, 1.807) is 0 Å². The van der Waals surface area contributed by atoms with Gasteiger partial charge in [0.2, 0.25) is 0 Å². The summed E-state index contributed by atoms with van der Waals surface area (Å²) in [6, 6.07) is 0. The van der Waals surface area contributed by atoms with Gasteiger partial charge in [0.1, 0.15) is 0 Å². The Hall–Kier alpha value is -0.0400. The van der Waals surface area contributed by atoms with Gasteiger partial charge in [-0.05, 0) is 49.9 Å². The Kier molecular flexibility index (Phi) is 4.83. The monoisotopic (exact) mass is 268 g/mol. The minimum atomic E-state index is -0.615. The average Bonchev–Trinajstić information content (AvgIpc) is 2.25. The lowest BCUT2D eigenvalue weighted by atomic mass is 9.40. The third kappa shape index (κ3) is 2.26. The second-order valence-electron chi connectivity index (χ2n) is 8.24. The number of aliphatic hydroxyl groups is 1. The van der Waals surface area contributed by atoms with Gasteiger partial charge in [-0.25, -0.2) is 0 Å². The molecule has 1 aliphatic carbocycles. The Morgan fingerprint density at radius 1 is 0.789 bits per heavy atom. The number of hydrogen-bond acceptors (Lipinski definition) is 1. The zero-order valence-electron chi connectivity index (χ0n) is 14.5. The second kappa shape index (κ2) is 5.39. The summed E-state index contributed by atoms with van der Waals surface area (Å²) in [4.78, 5) is 0. The first-order valence-electron chi connectivity index (χ1n) is 8.26. The molecule has 1 fully saturated rings. The molecule has 0 amide bonds. The minimum absolute atomic E-state index is 0.0284. The summed E-state index contributed by atoms with van der Waals surface area (Å²) in [5.41, 5.74) is -0.339. The van der Waals surface area contributed by atoms with Crippen molar-refractivity contribution < 1.29 is 5.11 Å². The molecule has 1 aliphatic rings. The highest BCUT2D eigenvalue weighted by Gasteiger charge is 2.62. The summed E-state index contributed by atoms with van der Waals surface area (Å²) in [5.74, 6) is 1.74. The van der Waals surface area contributed by atoms with E-state index in [-0.39, 0.29) is 10.8 Å². The highest BCUT2D eigenvalue weighted by molar-refractivity contribution is 5.11. The van der Waals surface area contributed by atoms with Crippen molar-refractivity contribution in [3.8, 4) is 0 Å². The molecule has 0 radical (unpaired) electrons. The maximum absolute atomic E-state index is 11.1. The maximum Gasteiger partial charge on any atom is 0.0655 e. The van der Waals surface area contributed by atoms with Crippen molar-refractivity contribution in [1.29, 1.82) is 0 Å². The van der Waals surface area contributed by atoms with Crippen molar-refractivity contribution in [2.24, 2.45) is 28.6 Å². The molecule has 0 aromatic heterocycles. The third-order valence-corrected chi connectivity index (χ3v) is 6.38. The quantitative estimate of drug-likeness (QED) is 0.736. The molecule has 1 heteroatoms. The van der Waals surface area contributed by atoms with Gasteiger partial charge in [0, 0.05) is 5.41 Å². The molecule has 1 saturated carbocycles. The van der Waals surface area contributed by atoms with Gasteiger partial charge < -0.3 is 5.11 Å². The van der Waals surface area contributed by atoms with E-state index < -0.39 is 5.60 Å². The lowest BCUT2D eigenvalue weighted by Crippen LogP contribution is -2.63. The number of hydrogen-bond donors (Lipinski definition) is 1. The molecule has 0 bridgehead atoms. The van der Waals surface area contributed by atoms with Crippen LogP contribution < -0.4 is 0 Å². The van der Waals surface area contributed by atoms with Crippen LogP contribution in [0.1, 0.15) is 81.1 Å². The largest absolute Gasteiger partial charge is 0.390 e. The van der Waals surface area contributed by atoms with E-state index in [9.17, 15) is 5.11 Å². The van der Waals surface area contributed by atoms with Gasteiger partial charge in [0.15, 0.2) is 0 Å². The summed E-state index contributed by atoms with van der Waals surface area (Å²) < 4.78 is 0. The highest BCUT2D eigenvalue weighted by Crippen LogP contribution is 2.66. The number of rotatable bonds is 4. The second-order valence-corrected chi connectivity index (χ2v) is 8.24. The van der Waals surface area contributed by atoms with Crippen molar-refractivity contribution in [2.45, 2.75) is 86.7 Å². The molecule has 1 N–H and O–H groups in total. The first-order chi connectivity index (χ1) is 8.54. The molecular formula is C18H36O. The molecule has 0 aromatic rings. The Morgan fingerprint density at radius 2 is 1.21 bits per heavy atom. The first kappa shape index (κ1) is 17.0. The molecule has 0 aliphatic heterocycles. The van der Waals surface area contributed by atoms with E-state index in [0.29, 0.717) is 17.8 Å². The summed E-state index contributed by atoms with van der Waals surface area (Å²) in [6.07, 6.45) is 5.03. The van der Waals surface area contributed by atoms with E-state index in [1.807, 2.05) is 0 Å². The normalized spacial score (nSPS) is 28.4. The first-order valence-corrected chi connectivity index (χ1v) is 8.26. The van der Waals surface area contributed by atoms with Crippen LogP contribution in [0.4, 0.5) is 0 Å². The molecule has 1 unspecified atom stereocenters. The summed E-state index contributed by atoms with van der Waals surface area (Å²) >= 11 is 0. The fraction of sp³-hybridized carbons (Fsp3) is 1.00. The van der Waals surface area contributed by atoms with Crippen LogP contribution in [0.3, 0.4) is 0 Å². The smallest absolute Gasteiger partial charge is 0.0655 e. The average molecular weight is 268 g/mol. The zero-order chi connectivity index (χ0) is 15.1. The lowest BCUT2D eigenvalue weighted by molar-refractivity contribution is -0.219. The van der Waals surface area contributed by atoms with Crippen molar-refractivity contribution in [3.63, 3.8) is 0 Å². The van der Waals surface area contributed by atoms with Crippen molar-refractivity contribution >= 4 is 0 Å². The highest BCUT2D eigenvalue weighted by atomic mass is 16.3. The molecule has 0 aromatic carbocycles. The molecule has 114 valence electrons. The molecular weight excluding hydrogens is 232 g/mol. The van der Waals surface area contributed by atoms with Gasteiger partial charge >= 0.3 is 0 Å². The summed E-state index contributed by atoms with van der Waals surface area (Å²) in [5, 5.41) is 11.1. The molecule has 0 spiro atoms. The van der Waals surface area contributed by atoms with Gasteiger partial charge in [-0.2, -0.15) is 0 Å². The van der Waals surface area contributed by atoms with E-state index >= 15 is 0 Å². The molecule has 1 atom stereocenters. The van der Waals surface area contributed by atoms with Crippen LogP contribution in [-0.2, 0) is 0 Å². The minimum Gasteiger partial charge on any atom is -0.390 e. The van der Waals surface area contributed by atoms with Gasteiger partial charge in [0.25, 0.3) is 0 Å². The SMILES string of the molecule is CC(C)C1(C(C)C)CCCCC1(C(C)C)C(C)(C)O. The molecule has 0 heterocycles. The molecule has 1 rings (SSSR count). The zero-order valence-corrected chi connectivity index (χ0v) is 14.5. The van der Waals surface area contributed by atoms with Gasteiger partial charge in [-0.3, -0.25) is 0 Å². The van der Waals surface area contributed by atoms with Crippen LogP contribution in [-0.4, -0.2) is 10.7 Å². The topological polar surface area (TPSA) is 20.2 Å². The van der Waals surface area contributed by atoms with E-state index in [0.717, 1.165) is 0 Å². The van der Waals surface area contributed by atoms with Crippen LogP contribution in [0.2, 0.25) is 0 Å². The van der Waals surface area contributed by atoms with Crippen molar-refractivity contribution in [1.82, 2.24) is 0 Å².